The van der Waals surface area contributed by atoms with Crippen LogP contribution in [0.2, 0.25) is 18.1 Å². The van der Waals surface area contributed by atoms with E-state index < -0.39 is 20.4 Å². The third kappa shape index (κ3) is 6.41. The van der Waals surface area contributed by atoms with Crippen molar-refractivity contribution in [2.45, 2.75) is 102 Å². The van der Waals surface area contributed by atoms with E-state index in [1.807, 2.05) is 0 Å². The van der Waals surface area contributed by atoms with Crippen LogP contribution in [-0.4, -0.2) is 8.80 Å². The van der Waals surface area contributed by atoms with Gasteiger partial charge in [-0.1, -0.05) is 76.1 Å². The summed E-state index contributed by atoms with van der Waals surface area (Å²) in [6, 6.07) is 9.26. The average molecular weight is 393 g/mol. The molecule has 1 aliphatic heterocycles. The van der Waals surface area contributed by atoms with Gasteiger partial charge in [0.2, 0.25) is 0 Å². The maximum absolute atomic E-state index is 13.5. The molecule has 0 spiro atoms. The van der Waals surface area contributed by atoms with Crippen LogP contribution in [0.4, 0.5) is 8.78 Å². The molecule has 152 valence electrons. The minimum atomic E-state index is -0.725. The zero-order valence-corrected chi connectivity index (χ0v) is 18.4. The summed E-state index contributed by atoms with van der Waals surface area (Å²) in [5.74, 6) is 0.962. The number of benzene rings is 1. The lowest BCUT2D eigenvalue weighted by Crippen LogP contribution is -2.23. The Hall–Kier alpha value is -0.703. The normalized spacial score (nSPS) is 29.0. The highest BCUT2D eigenvalue weighted by Crippen LogP contribution is 2.39. The lowest BCUT2D eigenvalue weighted by Gasteiger charge is -2.31. The molecule has 1 saturated heterocycles. The monoisotopic (exact) mass is 392 g/mol. The van der Waals surface area contributed by atoms with Crippen molar-refractivity contribution >= 4 is 8.80 Å². The Morgan fingerprint density at radius 3 is 2.22 bits per heavy atom. The Balaban J connectivity index is 1.32. The molecule has 1 aromatic rings. The first-order chi connectivity index (χ1) is 13.2. The van der Waals surface area contributed by atoms with Crippen molar-refractivity contribution in [2.75, 3.05) is 0 Å². The second-order valence-electron chi connectivity index (χ2n) is 9.35. The third-order valence-corrected chi connectivity index (χ3v) is 10.9. The van der Waals surface area contributed by atoms with E-state index in [-0.39, 0.29) is 0 Å². The Morgan fingerprint density at radius 2 is 1.56 bits per heavy atom. The largest absolute Gasteiger partial charge is 0.204 e. The third-order valence-electron chi connectivity index (χ3n) is 7.43. The molecule has 0 bridgehead atoms. The van der Waals surface area contributed by atoms with Gasteiger partial charge in [0.1, 0.15) is 0 Å². The molecule has 1 heterocycles. The van der Waals surface area contributed by atoms with Crippen LogP contribution in [0.1, 0.15) is 89.0 Å². The molecule has 0 atom stereocenters. The van der Waals surface area contributed by atoms with Gasteiger partial charge in [0.05, 0.1) is 0 Å². The van der Waals surface area contributed by atoms with Crippen LogP contribution in [0.25, 0.3) is 0 Å². The van der Waals surface area contributed by atoms with Gasteiger partial charge in [-0.3, -0.25) is 0 Å². The Labute approximate surface area is 166 Å². The standard InChI is InChI=1S/C24H38F2Si/c1-2-3-4-5-19-12-15-27(16-13-19)17-14-20-6-8-21(9-7-20)22-10-11-23(25)24(26)18-22/h10-11,18-21,27H,2-9,12-17H2,1H3. The number of hydrogen-bond acceptors (Lipinski definition) is 0. The molecule has 0 nitrogen and oxygen atoms in total. The maximum atomic E-state index is 13.5. The van der Waals surface area contributed by atoms with Crippen molar-refractivity contribution in [2.24, 2.45) is 11.8 Å². The molecule has 0 radical (unpaired) electrons. The summed E-state index contributed by atoms with van der Waals surface area (Å²) in [6.45, 7) is 2.30. The lowest BCUT2D eigenvalue weighted by molar-refractivity contribution is 0.316. The van der Waals surface area contributed by atoms with E-state index in [0.29, 0.717) is 5.92 Å². The number of hydrogen-bond donors (Lipinski definition) is 0. The maximum Gasteiger partial charge on any atom is 0.159 e. The lowest BCUT2D eigenvalue weighted by atomic mass is 9.78. The molecule has 27 heavy (non-hydrogen) atoms. The van der Waals surface area contributed by atoms with Crippen molar-refractivity contribution in [1.82, 2.24) is 0 Å². The van der Waals surface area contributed by atoms with E-state index in [0.717, 1.165) is 30.2 Å². The van der Waals surface area contributed by atoms with Crippen LogP contribution >= 0.6 is 0 Å². The van der Waals surface area contributed by atoms with Crippen molar-refractivity contribution in [3.63, 3.8) is 0 Å². The second kappa shape index (κ2) is 10.7. The van der Waals surface area contributed by atoms with E-state index in [1.54, 1.807) is 24.2 Å². The summed E-state index contributed by atoms with van der Waals surface area (Å²) >= 11 is 0. The minimum absolute atomic E-state index is 0.437. The second-order valence-corrected chi connectivity index (χ2v) is 12.8. The molecule has 1 aromatic carbocycles. The Morgan fingerprint density at radius 1 is 0.852 bits per heavy atom. The summed E-state index contributed by atoms with van der Waals surface area (Å²) in [4.78, 5) is 0. The molecule has 1 aliphatic carbocycles. The first-order valence-electron chi connectivity index (χ1n) is 11.6. The van der Waals surface area contributed by atoms with E-state index in [4.69, 9.17) is 0 Å². The van der Waals surface area contributed by atoms with Crippen LogP contribution in [0.5, 0.6) is 0 Å². The summed E-state index contributed by atoms with van der Waals surface area (Å²) in [6.07, 6.45) is 15.1. The predicted molar refractivity (Wildman–Crippen MR) is 114 cm³/mol. The fourth-order valence-corrected chi connectivity index (χ4v) is 9.21. The summed E-state index contributed by atoms with van der Waals surface area (Å²) < 4.78 is 26.6. The number of unbranched alkanes of at least 4 members (excludes halogenated alkanes) is 2. The van der Waals surface area contributed by atoms with Gasteiger partial charge in [-0.05, 0) is 61.1 Å². The topological polar surface area (TPSA) is 0 Å². The van der Waals surface area contributed by atoms with Gasteiger partial charge < -0.3 is 0 Å². The van der Waals surface area contributed by atoms with Gasteiger partial charge in [-0.15, -0.1) is 0 Å². The number of halogens is 2. The summed E-state index contributed by atoms with van der Waals surface area (Å²) in [5.41, 5.74) is 1.00. The highest BCUT2D eigenvalue weighted by Gasteiger charge is 2.26. The predicted octanol–water partition coefficient (Wildman–Crippen LogP) is 7.85. The summed E-state index contributed by atoms with van der Waals surface area (Å²) in [5, 5.41) is 0. The van der Waals surface area contributed by atoms with Gasteiger partial charge in [0.15, 0.2) is 11.6 Å². The molecule has 3 rings (SSSR count). The van der Waals surface area contributed by atoms with Gasteiger partial charge in [-0.2, -0.15) is 0 Å². The molecular weight excluding hydrogens is 354 g/mol. The van der Waals surface area contributed by atoms with Gasteiger partial charge in [0.25, 0.3) is 0 Å². The van der Waals surface area contributed by atoms with Crippen LogP contribution in [-0.2, 0) is 0 Å². The van der Waals surface area contributed by atoms with Gasteiger partial charge in [-0.25, -0.2) is 8.78 Å². The van der Waals surface area contributed by atoms with Crippen LogP contribution in [0.15, 0.2) is 18.2 Å². The minimum Gasteiger partial charge on any atom is -0.204 e. The average Bonchev–Trinajstić information content (AvgIpc) is 2.70. The van der Waals surface area contributed by atoms with Crippen LogP contribution < -0.4 is 0 Å². The quantitative estimate of drug-likeness (QED) is 0.312. The van der Waals surface area contributed by atoms with Crippen molar-refractivity contribution in [3.05, 3.63) is 35.4 Å². The number of rotatable bonds is 8. The highest BCUT2D eigenvalue weighted by molar-refractivity contribution is 6.58. The zero-order valence-electron chi connectivity index (χ0n) is 17.2. The molecule has 2 fully saturated rings. The fourth-order valence-electron chi connectivity index (χ4n) is 5.51. The Bertz CT molecular complexity index is 557. The molecule has 2 aliphatic rings. The van der Waals surface area contributed by atoms with E-state index >= 15 is 0 Å². The molecule has 0 N–H and O–H groups in total. The molecule has 3 heteroatoms. The van der Waals surface area contributed by atoms with Crippen LogP contribution in [0, 0.1) is 23.5 Å². The first-order valence-corrected chi connectivity index (χ1v) is 14.1. The van der Waals surface area contributed by atoms with E-state index in [9.17, 15) is 8.78 Å². The Kier molecular flexibility index (Phi) is 8.36. The van der Waals surface area contributed by atoms with Gasteiger partial charge in [0, 0.05) is 8.80 Å². The SMILES string of the molecule is CCCCCC1CC[SiH](CCC2CCC(c3ccc(F)c(F)c3)CC2)CC1. The van der Waals surface area contributed by atoms with Crippen molar-refractivity contribution in [1.29, 1.82) is 0 Å². The fraction of sp³-hybridized carbons (Fsp3) is 0.750. The first kappa shape index (κ1) is 21.0. The molecular formula is C24H38F2Si. The molecule has 0 amide bonds. The van der Waals surface area contributed by atoms with Crippen LogP contribution in [0.3, 0.4) is 0 Å². The zero-order chi connectivity index (χ0) is 19.1. The summed E-state index contributed by atoms with van der Waals surface area (Å²) in [7, 11) is -0.456. The highest BCUT2D eigenvalue weighted by atomic mass is 28.3. The van der Waals surface area contributed by atoms with Crippen molar-refractivity contribution in [3.8, 4) is 0 Å². The molecule has 0 aromatic heterocycles. The van der Waals surface area contributed by atoms with E-state index in [2.05, 4.69) is 6.92 Å². The molecule has 1 saturated carbocycles. The molecule has 0 unspecified atom stereocenters. The van der Waals surface area contributed by atoms with Gasteiger partial charge >= 0.3 is 0 Å². The van der Waals surface area contributed by atoms with Crippen molar-refractivity contribution < 1.29 is 8.78 Å². The smallest absolute Gasteiger partial charge is 0.159 e. The van der Waals surface area contributed by atoms with E-state index in [1.165, 1.54) is 69.9 Å².